The van der Waals surface area contributed by atoms with Gasteiger partial charge in [-0.2, -0.15) is 0 Å². The molecule has 1 fully saturated rings. The van der Waals surface area contributed by atoms with Crippen LogP contribution in [0.2, 0.25) is 0 Å². The third kappa shape index (κ3) is 4.76. The van der Waals surface area contributed by atoms with Crippen LogP contribution >= 0.6 is 0 Å². The van der Waals surface area contributed by atoms with Gasteiger partial charge >= 0.3 is 0 Å². The Bertz CT molecular complexity index is 221. The van der Waals surface area contributed by atoms with E-state index < -0.39 is 0 Å². The predicted molar refractivity (Wildman–Crippen MR) is 71.6 cm³/mol. The van der Waals surface area contributed by atoms with E-state index in [1.807, 2.05) is 6.08 Å². The monoisotopic (exact) mass is 241 g/mol. The molecule has 1 aliphatic rings. The van der Waals surface area contributed by atoms with Gasteiger partial charge in [0.15, 0.2) is 0 Å². The molecule has 3 N–H and O–H groups in total. The van der Waals surface area contributed by atoms with Crippen LogP contribution in [0.5, 0.6) is 0 Å². The van der Waals surface area contributed by atoms with E-state index in [2.05, 4.69) is 30.8 Å². The third-order valence-corrected chi connectivity index (χ3v) is 3.44. The lowest BCUT2D eigenvalue weighted by Crippen LogP contribution is -2.55. The fourth-order valence-corrected chi connectivity index (χ4v) is 2.27. The first-order valence-electron chi connectivity index (χ1n) is 6.61. The van der Waals surface area contributed by atoms with E-state index in [1.54, 1.807) is 0 Å². The van der Waals surface area contributed by atoms with Crippen molar-refractivity contribution in [2.75, 3.05) is 19.7 Å². The molecule has 0 aromatic rings. The summed E-state index contributed by atoms with van der Waals surface area (Å²) in [7, 11) is 0. The van der Waals surface area contributed by atoms with Crippen LogP contribution in [0.15, 0.2) is 12.7 Å². The molecule has 0 bridgehead atoms. The van der Waals surface area contributed by atoms with Crippen molar-refractivity contribution in [3.05, 3.63) is 12.7 Å². The summed E-state index contributed by atoms with van der Waals surface area (Å²) in [4.78, 5) is 2.45. The number of allylic oxidation sites excluding steroid dienone is 1. The number of hydrogen-bond acceptors (Lipinski definition) is 4. The Labute approximate surface area is 105 Å². The number of nitrogens with two attached hydrogens (primary N) is 1. The van der Waals surface area contributed by atoms with Crippen LogP contribution < -0.4 is 11.3 Å². The molecule has 2 unspecified atom stereocenters. The maximum Gasteiger partial charge on any atom is 0.0868 e. The van der Waals surface area contributed by atoms with Gasteiger partial charge in [-0.3, -0.25) is 16.2 Å². The molecule has 100 valence electrons. The lowest BCUT2D eigenvalue weighted by molar-refractivity contribution is -0.0567. The van der Waals surface area contributed by atoms with Crippen LogP contribution in [0.3, 0.4) is 0 Å². The van der Waals surface area contributed by atoms with Crippen molar-refractivity contribution < 1.29 is 4.74 Å². The molecule has 0 radical (unpaired) electrons. The zero-order valence-electron chi connectivity index (χ0n) is 11.2. The SMILES string of the molecule is C=CCCCC(NN)C1CN(C(C)C)CCO1. The average molecular weight is 241 g/mol. The summed E-state index contributed by atoms with van der Waals surface area (Å²) in [5.41, 5.74) is 2.90. The van der Waals surface area contributed by atoms with Crippen LogP contribution in [-0.4, -0.2) is 42.8 Å². The summed E-state index contributed by atoms with van der Waals surface area (Å²) in [5.74, 6) is 5.63. The summed E-state index contributed by atoms with van der Waals surface area (Å²) in [6.07, 6.45) is 5.36. The van der Waals surface area contributed by atoms with Crippen molar-refractivity contribution in [3.63, 3.8) is 0 Å². The first-order chi connectivity index (χ1) is 8.19. The molecule has 1 aliphatic heterocycles. The zero-order chi connectivity index (χ0) is 12.7. The van der Waals surface area contributed by atoms with E-state index in [1.165, 1.54) is 0 Å². The third-order valence-electron chi connectivity index (χ3n) is 3.44. The van der Waals surface area contributed by atoms with Crippen LogP contribution in [0.4, 0.5) is 0 Å². The Morgan fingerprint density at radius 1 is 1.59 bits per heavy atom. The Morgan fingerprint density at radius 3 is 2.94 bits per heavy atom. The van der Waals surface area contributed by atoms with Crippen molar-refractivity contribution in [3.8, 4) is 0 Å². The normalized spacial score (nSPS) is 23.9. The summed E-state index contributed by atoms with van der Waals surface area (Å²) in [5, 5.41) is 0. The van der Waals surface area contributed by atoms with E-state index >= 15 is 0 Å². The van der Waals surface area contributed by atoms with E-state index in [-0.39, 0.29) is 12.1 Å². The fourth-order valence-electron chi connectivity index (χ4n) is 2.27. The average Bonchev–Trinajstić information content (AvgIpc) is 2.35. The fraction of sp³-hybridized carbons (Fsp3) is 0.846. The van der Waals surface area contributed by atoms with Gasteiger partial charge in [0, 0.05) is 25.2 Å². The Kier molecular flexibility index (Phi) is 6.73. The van der Waals surface area contributed by atoms with E-state index in [0.29, 0.717) is 6.04 Å². The lowest BCUT2D eigenvalue weighted by atomic mass is 10.0. The molecule has 0 saturated carbocycles. The second-order valence-electron chi connectivity index (χ2n) is 4.99. The van der Waals surface area contributed by atoms with Crippen molar-refractivity contribution >= 4 is 0 Å². The number of morpholine rings is 1. The molecule has 4 nitrogen and oxygen atoms in total. The van der Waals surface area contributed by atoms with Crippen molar-refractivity contribution in [2.45, 2.75) is 51.3 Å². The Hall–Kier alpha value is -0.420. The number of hydrogen-bond donors (Lipinski definition) is 2. The largest absolute Gasteiger partial charge is 0.374 e. The minimum absolute atomic E-state index is 0.209. The van der Waals surface area contributed by atoms with Crippen molar-refractivity contribution in [2.24, 2.45) is 5.84 Å². The summed E-state index contributed by atoms with van der Waals surface area (Å²) in [6, 6.07) is 0.824. The topological polar surface area (TPSA) is 50.5 Å². The quantitative estimate of drug-likeness (QED) is 0.305. The first kappa shape index (κ1) is 14.6. The molecule has 1 heterocycles. The second-order valence-corrected chi connectivity index (χ2v) is 4.99. The molecule has 0 aliphatic carbocycles. The van der Waals surface area contributed by atoms with Gasteiger partial charge in [0.25, 0.3) is 0 Å². The van der Waals surface area contributed by atoms with E-state index in [0.717, 1.165) is 39.0 Å². The number of ether oxygens (including phenoxy) is 1. The Morgan fingerprint density at radius 2 is 2.35 bits per heavy atom. The van der Waals surface area contributed by atoms with Crippen molar-refractivity contribution in [1.29, 1.82) is 0 Å². The molecular formula is C13H27N3O. The lowest BCUT2D eigenvalue weighted by Gasteiger charge is -2.38. The number of nitrogens with zero attached hydrogens (tertiary/aromatic N) is 1. The van der Waals surface area contributed by atoms with Crippen molar-refractivity contribution in [1.82, 2.24) is 10.3 Å². The smallest absolute Gasteiger partial charge is 0.0868 e. The van der Waals surface area contributed by atoms with Gasteiger partial charge in [0.2, 0.25) is 0 Å². The Balaban J connectivity index is 2.41. The van der Waals surface area contributed by atoms with Gasteiger partial charge in [-0.25, -0.2) is 0 Å². The minimum Gasteiger partial charge on any atom is -0.374 e. The maximum atomic E-state index is 5.83. The number of unbranched alkanes of at least 4 members (excludes halogenated alkanes) is 1. The molecule has 1 rings (SSSR count). The highest BCUT2D eigenvalue weighted by Crippen LogP contribution is 2.15. The molecule has 17 heavy (non-hydrogen) atoms. The highest BCUT2D eigenvalue weighted by Gasteiger charge is 2.28. The molecular weight excluding hydrogens is 214 g/mol. The van der Waals surface area contributed by atoms with Gasteiger partial charge in [-0.1, -0.05) is 6.08 Å². The van der Waals surface area contributed by atoms with Crippen LogP contribution in [0, 0.1) is 0 Å². The first-order valence-corrected chi connectivity index (χ1v) is 6.61. The molecule has 0 amide bonds. The molecule has 2 atom stereocenters. The standard InChI is InChI=1S/C13H27N3O/c1-4-5-6-7-12(15-14)13-10-16(11(2)3)8-9-17-13/h4,11-13,15H,1,5-10,14H2,2-3H3. The summed E-state index contributed by atoms with van der Waals surface area (Å²) in [6.45, 7) is 11.0. The highest BCUT2D eigenvalue weighted by atomic mass is 16.5. The number of hydrazine groups is 1. The van der Waals surface area contributed by atoms with Gasteiger partial charge in [-0.05, 0) is 33.1 Å². The van der Waals surface area contributed by atoms with Crippen LogP contribution in [-0.2, 0) is 4.74 Å². The highest BCUT2D eigenvalue weighted by molar-refractivity contribution is 4.83. The molecule has 4 heteroatoms. The molecule has 0 aromatic heterocycles. The van der Waals surface area contributed by atoms with Crippen LogP contribution in [0.1, 0.15) is 33.1 Å². The molecule has 0 aromatic carbocycles. The van der Waals surface area contributed by atoms with E-state index in [9.17, 15) is 0 Å². The van der Waals surface area contributed by atoms with Gasteiger partial charge in [-0.15, -0.1) is 6.58 Å². The van der Waals surface area contributed by atoms with Gasteiger partial charge in [0.1, 0.15) is 0 Å². The number of rotatable bonds is 7. The predicted octanol–water partition coefficient (Wildman–Crippen LogP) is 1.28. The van der Waals surface area contributed by atoms with Gasteiger partial charge in [0.05, 0.1) is 12.7 Å². The van der Waals surface area contributed by atoms with Gasteiger partial charge < -0.3 is 4.74 Å². The summed E-state index contributed by atoms with van der Waals surface area (Å²) >= 11 is 0. The number of nitrogens with one attached hydrogen (secondary N) is 1. The zero-order valence-corrected chi connectivity index (χ0v) is 11.2. The second kappa shape index (κ2) is 7.82. The van der Waals surface area contributed by atoms with Crippen LogP contribution in [0.25, 0.3) is 0 Å². The van der Waals surface area contributed by atoms with E-state index in [4.69, 9.17) is 10.6 Å². The minimum atomic E-state index is 0.209. The molecule has 0 spiro atoms. The maximum absolute atomic E-state index is 5.83. The summed E-state index contributed by atoms with van der Waals surface area (Å²) < 4.78 is 5.83. The molecule has 1 saturated heterocycles.